The summed E-state index contributed by atoms with van der Waals surface area (Å²) in [4.78, 5) is 52.8. The Morgan fingerprint density at radius 2 is 1.25 bits per heavy atom. The van der Waals surface area contributed by atoms with Gasteiger partial charge < -0.3 is 20.2 Å². The summed E-state index contributed by atoms with van der Waals surface area (Å²) in [6.45, 7) is 17.3. The van der Waals surface area contributed by atoms with Crippen LogP contribution >= 0.6 is 0 Å². The highest BCUT2D eigenvalue weighted by atomic mass is 16.4. The fourth-order valence-electron chi connectivity index (χ4n) is 3.98. The third-order valence-corrected chi connectivity index (χ3v) is 6.09. The molecule has 1 aliphatic rings. The Morgan fingerprint density at radius 1 is 0.812 bits per heavy atom. The van der Waals surface area contributed by atoms with Crippen LogP contribution in [-0.2, 0) is 19.2 Å². The third-order valence-electron chi connectivity index (χ3n) is 6.09. The minimum absolute atomic E-state index is 0.00706. The molecule has 32 heavy (non-hydrogen) atoms. The largest absolute Gasteiger partial charge is 0.481 e. The first-order chi connectivity index (χ1) is 14.5. The second-order valence-electron chi connectivity index (χ2n) is 11.3. The zero-order valence-electron chi connectivity index (χ0n) is 21.2. The highest BCUT2D eigenvalue weighted by Gasteiger charge is 2.35. The van der Waals surface area contributed by atoms with Crippen LogP contribution in [0.15, 0.2) is 0 Å². The first-order valence-corrected chi connectivity index (χ1v) is 11.6. The van der Waals surface area contributed by atoms with Crippen LogP contribution in [0.5, 0.6) is 0 Å². The lowest BCUT2D eigenvalue weighted by molar-refractivity contribution is -0.150. The van der Waals surface area contributed by atoms with E-state index in [1.54, 1.807) is 30.6 Å². The Bertz CT molecular complexity index is 690. The maximum absolute atomic E-state index is 12.9. The number of carbonyl (C=O) groups is 4. The van der Waals surface area contributed by atoms with Gasteiger partial charge in [0, 0.05) is 50.5 Å². The van der Waals surface area contributed by atoms with Crippen molar-refractivity contribution < 1.29 is 24.3 Å². The lowest BCUT2D eigenvalue weighted by atomic mass is 9.83. The quantitative estimate of drug-likeness (QED) is 0.558. The van der Waals surface area contributed by atoms with Crippen LogP contribution in [0, 0.1) is 28.6 Å². The average molecular weight is 454 g/mol. The molecular weight excluding hydrogens is 410 g/mol. The van der Waals surface area contributed by atoms with Gasteiger partial charge in [-0.25, -0.2) is 0 Å². The van der Waals surface area contributed by atoms with E-state index in [9.17, 15) is 24.3 Å². The minimum atomic E-state index is -0.960. The molecule has 0 aromatic heterocycles. The van der Waals surface area contributed by atoms with E-state index in [0.29, 0.717) is 39.1 Å². The molecule has 1 aliphatic heterocycles. The molecule has 184 valence electrons. The van der Waals surface area contributed by atoms with Crippen LogP contribution in [-0.4, -0.2) is 71.3 Å². The van der Waals surface area contributed by atoms with Crippen LogP contribution in [0.25, 0.3) is 0 Å². The van der Waals surface area contributed by atoms with Crippen molar-refractivity contribution in [2.24, 2.45) is 28.6 Å². The number of carbonyl (C=O) groups excluding carboxylic acids is 3. The molecule has 0 bridgehead atoms. The normalized spacial score (nSPS) is 18.0. The molecule has 1 fully saturated rings. The lowest BCUT2D eigenvalue weighted by Gasteiger charge is -2.38. The predicted molar refractivity (Wildman–Crippen MR) is 124 cm³/mol. The van der Waals surface area contributed by atoms with E-state index in [0.717, 1.165) is 0 Å². The van der Waals surface area contributed by atoms with Gasteiger partial charge in [-0.3, -0.25) is 19.2 Å². The molecule has 8 heteroatoms. The number of amides is 3. The predicted octanol–water partition coefficient (Wildman–Crippen LogP) is 2.62. The van der Waals surface area contributed by atoms with Gasteiger partial charge in [-0.2, -0.15) is 0 Å². The van der Waals surface area contributed by atoms with Gasteiger partial charge in [0.15, 0.2) is 0 Å². The first kappa shape index (κ1) is 27.9. The van der Waals surface area contributed by atoms with Gasteiger partial charge in [-0.15, -0.1) is 0 Å². The second-order valence-corrected chi connectivity index (χ2v) is 11.3. The van der Waals surface area contributed by atoms with Crippen molar-refractivity contribution in [2.75, 3.05) is 32.7 Å². The van der Waals surface area contributed by atoms with E-state index >= 15 is 0 Å². The molecule has 0 aromatic rings. The number of hydrogen-bond donors (Lipinski definition) is 2. The molecule has 0 aromatic carbocycles. The van der Waals surface area contributed by atoms with E-state index < -0.39 is 17.3 Å². The summed E-state index contributed by atoms with van der Waals surface area (Å²) in [5.74, 6) is -1.93. The SMILES string of the molecule is CC(CC(C)C(=O)N1CCN(C(=O)C(C)CC(C)(C)C(=O)O)CC1)C(=O)NCC(C)(C)C. The fourth-order valence-corrected chi connectivity index (χ4v) is 3.98. The first-order valence-electron chi connectivity index (χ1n) is 11.6. The van der Waals surface area contributed by atoms with E-state index in [-0.39, 0.29) is 41.4 Å². The average Bonchev–Trinajstić information content (AvgIpc) is 2.69. The summed E-state index contributed by atoms with van der Waals surface area (Å²) in [6, 6.07) is 0. The van der Waals surface area contributed by atoms with Crippen molar-refractivity contribution in [1.82, 2.24) is 15.1 Å². The van der Waals surface area contributed by atoms with Crippen LogP contribution in [0.2, 0.25) is 0 Å². The van der Waals surface area contributed by atoms with E-state index in [4.69, 9.17) is 0 Å². The van der Waals surface area contributed by atoms with Crippen molar-refractivity contribution in [3.8, 4) is 0 Å². The van der Waals surface area contributed by atoms with Crippen molar-refractivity contribution >= 4 is 23.7 Å². The maximum atomic E-state index is 12.9. The monoisotopic (exact) mass is 453 g/mol. The van der Waals surface area contributed by atoms with Crippen molar-refractivity contribution in [1.29, 1.82) is 0 Å². The molecule has 3 unspecified atom stereocenters. The third kappa shape index (κ3) is 8.43. The van der Waals surface area contributed by atoms with Crippen LogP contribution in [0.3, 0.4) is 0 Å². The minimum Gasteiger partial charge on any atom is -0.481 e. The maximum Gasteiger partial charge on any atom is 0.309 e. The Kier molecular flexibility index (Phi) is 9.72. The Labute approximate surface area is 193 Å². The summed E-state index contributed by atoms with van der Waals surface area (Å²) in [7, 11) is 0. The van der Waals surface area contributed by atoms with Crippen molar-refractivity contribution in [2.45, 2.75) is 68.2 Å². The number of carboxylic acids is 1. The number of nitrogens with zero attached hydrogens (tertiary/aromatic N) is 2. The smallest absolute Gasteiger partial charge is 0.309 e. The molecule has 1 saturated heterocycles. The van der Waals surface area contributed by atoms with Gasteiger partial charge in [0.1, 0.15) is 0 Å². The molecule has 0 radical (unpaired) electrons. The number of aliphatic carboxylic acids is 1. The molecule has 1 heterocycles. The van der Waals surface area contributed by atoms with Gasteiger partial charge in [0.25, 0.3) is 0 Å². The fraction of sp³-hybridized carbons (Fsp3) is 0.833. The van der Waals surface area contributed by atoms with Gasteiger partial charge in [0.05, 0.1) is 5.41 Å². The Morgan fingerprint density at radius 3 is 1.66 bits per heavy atom. The Hall–Kier alpha value is -2.12. The van der Waals surface area contributed by atoms with E-state index in [1.807, 2.05) is 13.8 Å². The van der Waals surface area contributed by atoms with Gasteiger partial charge >= 0.3 is 5.97 Å². The van der Waals surface area contributed by atoms with Crippen molar-refractivity contribution in [3.63, 3.8) is 0 Å². The molecule has 3 atom stereocenters. The number of piperazine rings is 1. The molecule has 2 N–H and O–H groups in total. The topological polar surface area (TPSA) is 107 Å². The number of carboxylic acid groups (broad SMARTS) is 1. The van der Waals surface area contributed by atoms with Crippen LogP contribution < -0.4 is 5.32 Å². The number of hydrogen-bond acceptors (Lipinski definition) is 4. The lowest BCUT2D eigenvalue weighted by Crippen LogP contribution is -2.53. The summed E-state index contributed by atoms with van der Waals surface area (Å²) in [5, 5.41) is 12.3. The molecular formula is C24H43N3O5. The Balaban J connectivity index is 2.53. The molecule has 1 rings (SSSR count). The summed E-state index contributed by atoms with van der Waals surface area (Å²) >= 11 is 0. The molecule has 3 amide bonds. The highest BCUT2D eigenvalue weighted by Crippen LogP contribution is 2.27. The van der Waals surface area contributed by atoms with Gasteiger partial charge in [0.2, 0.25) is 17.7 Å². The summed E-state index contributed by atoms with van der Waals surface area (Å²) in [5.41, 5.74) is -0.951. The molecule has 0 aliphatic carbocycles. The van der Waals surface area contributed by atoms with Gasteiger partial charge in [-0.05, 0) is 32.1 Å². The van der Waals surface area contributed by atoms with Crippen LogP contribution in [0.4, 0.5) is 0 Å². The molecule has 0 saturated carbocycles. The number of rotatable bonds is 9. The van der Waals surface area contributed by atoms with E-state index in [1.165, 1.54) is 0 Å². The van der Waals surface area contributed by atoms with Gasteiger partial charge in [-0.1, -0.05) is 41.5 Å². The van der Waals surface area contributed by atoms with E-state index in [2.05, 4.69) is 26.1 Å². The van der Waals surface area contributed by atoms with Crippen LogP contribution in [0.1, 0.15) is 68.2 Å². The molecule has 0 spiro atoms. The highest BCUT2D eigenvalue weighted by molar-refractivity contribution is 5.83. The zero-order valence-corrected chi connectivity index (χ0v) is 21.2. The summed E-state index contributed by atoms with van der Waals surface area (Å²) < 4.78 is 0. The summed E-state index contributed by atoms with van der Waals surface area (Å²) in [6.07, 6.45) is 0.752. The molecule has 8 nitrogen and oxygen atoms in total. The second kappa shape index (κ2) is 11.1. The zero-order chi connectivity index (χ0) is 24.9. The number of nitrogens with one attached hydrogen (secondary N) is 1. The van der Waals surface area contributed by atoms with Crippen molar-refractivity contribution in [3.05, 3.63) is 0 Å². The standard InChI is InChI=1S/C24H43N3O5/c1-16(19(28)25-15-23(4,5)6)13-17(2)20(29)26-9-11-27(12-10-26)21(30)18(3)14-24(7,8)22(31)32/h16-18H,9-15H2,1-8H3,(H,25,28)(H,31,32).